The highest BCUT2D eigenvalue weighted by molar-refractivity contribution is 6.26. The lowest BCUT2D eigenvalue weighted by Crippen LogP contribution is -3.00. The number of methoxy groups -OCH3 is 1. The molecule has 0 N–H and O–H groups in total. The molecule has 0 bridgehead atoms. The van der Waals surface area contributed by atoms with Gasteiger partial charge in [0.15, 0.2) is 6.54 Å². The van der Waals surface area contributed by atoms with Gasteiger partial charge in [-0.3, -0.25) is 14.6 Å². The molecule has 28 heavy (non-hydrogen) atoms. The van der Waals surface area contributed by atoms with Crippen molar-refractivity contribution in [2.24, 2.45) is 0 Å². The summed E-state index contributed by atoms with van der Waals surface area (Å²) in [6, 6.07) is 6.64. The highest BCUT2D eigenvalue weighted by Gasteiger charge is 2.53. The first-order chi connectivity index (χ1) is 14.3. The van der Waals surface area contributed by atoms with Crippen molar-refractivity contribution in [3.8, 4) is 0 Å². The first-order valence-electron chi connectivity index (χ1n) is 9.86. The molecule has 0 radical (unpaired) electrons. The number of allylic oxidation sites excluding steroid dienone is 2. The molecule has 2 aliphatic rings. The Morgan fingerprint density at radius 2 is 1.86 bits per heavy atom. The van der Waals surface area contributed by atoms with E-state index in [1.54, 1.807) is 46.6 Å². The first kappa shape index (κ1) is 16.1. The fourth-order valence-electron chi connectivity index (χ4n) is 3.35. The van der Waals surface area contributed by atoms with Crippen molar-refractivity contribution in [2.75, 3.05) is 20.2 Å². The van der Waals surface area contributed by atoms with Crippen LogP contribution in [0.25, 0.3) is 0 Å². The van der Waals surface area contributed by atoms with Crippen molar-refractivity contribution >= 4 is 23.6 Å². The van der Waals surface area contributed by atoms with E-state index in [2.05, 4.69) is 9.97 Å². The van der Waals surface area contributed by atoms with Crippen molar-refractivity contribution in [3.05, 3.63) is 71.1 Å². The van der Waals surface area contributed by atoms with Gasteiger partial charge in [0.2, 0.25) is 6.21 Å². The van der Waals surface area contributed by atoms with Crippen LogP contribution in [0.4, 0.5) is 0 Å². The van der Waals surface area contributed by atoms with Gasteiger partial charge in [0.25, 0.3) is 11.6 Å². The summed E-state index contributed by atoms with van der Waals surface area (Å²) in [5.41, 5.74) is 1.55. The van der Waals surface area contributed by atoms with Gasteiger partial charge in [0, 0.05) is 30.6 Å². The Morgan fingerprint density at radius 1 is 1.14 bits per heavy atom. The summed E-state index contributed by atoms with van der Waals surface area (Å²) in [7, 11) is -2.55. The Hall–Kier alpha value is -2.84. The molecule has 1 aromatic carbocycles. The smallest absolute Gasteiger partial charge is 0.421 e. The minimum absolute atomic E-state index is 0. The van der Waals surface area contributed by atoms with Gasteiger partial charge in [-0.1, -0.05) is 28.8 Å². The van der Waals surface area contributed by atoms with E-state index in [-0.39, 0.29) is 53.1 Å². The normalized spacial score (nSPS) is 19.0. The predicted octanol–water partition coefficient (Wildman–Crippen LogP) is -1.71. The van der Waals surface area contributed by atoms with Crippen LogP contribution in [-0.4, -0.2) is 62.9 Å². The van der Waals surface area contributed by atoms with E-state index in [0.717, 1.165) is 0 Å². The molecule has 0 atom stereocenters. The van der Waals surface area contributed by atoms with Crippen LogP contribution in [-0.2, 0) is 4.74 Å². The van der Waals surface area contributed by atoms with Crippen molar-refractivity contribution in [1.82, 2.24) is 9.97 Å². The van der Waals surface area contributed by atoms with E-state index >= 15 is 0 Å². The average Bonchev–Trinajstić information content (AvgIpc) is 2.98. The number of benzene rings is 1. The van der Waals surface area contributed by atoms with Gasteiger partial charge in [-0.25, -0.2) is 4.98 Å². The fourth-order valence-corrected chi connectivity index (χ4v) is 3.35. The number of nitrogens with zero attached hydrogens (tertiary/aromatic N) is 4. The molecule has 7 nitrogen and oxygen atoms in total. The zero-order valence-electron chi connectivity index (χ0n) is 17.9. The Kier molecular flexibility index (Phi) is 4.63. The number of Topliss-reactive ketones (excluding diaryl/α,β-unsaturated/α-hetero) is 2. The molecule has 0 unspecified atom stereocenters. The maximum absolute atomic E-state index is 13.3. The number of carbonyl (C=O) groups excluding carboxylic acids is 2. The van der Waals surface area contributed by atoms with Crippen LogP contribution in [0.15, 0.2) is 54.3 Å². The van der Waals surface area contributed by atoms with Gasteiger partial charge in [-0.15, -0.1) is 4.58 Å². The summed E-state index contributed by atoms with van der Waals surface area (Å²) in [6.07, 6.45) is 6.22. The minimum Gasteiger partial charge on any atom is -1.00 e. The lowest BCUT2D eigenvalue weighted by atomic mass is 9.90. The monoisotopic (exact) mass is 444 g/mol. The zero-order chi connectivity index (χ0) is 21.5. The Labute approximate surface area is 176 Å². The average molecular weight is 445 g/mol. The number of hydrogen-bond donors (Lipinski definition) is 0. The summed E-state index contributed by atoms with van der Waals surface area (Å²) in [5, 5.41) is 0. The number of amidine groups is 1. The SMILES string of the molecule is [2H]C([2H])([2H])OCC[N+]1=C(C)[N+](=Cc2cnccn2)C2=C1C(=O)c1ccccc1C2=O.[Br-]. The van der Waals surface area contributed by atoms with Gasteiger partial charge in [0.1, 0.15) is 12.3 Å². The number of carbonyl (C=O) groups is 2. The summed E-state index contributed by atoms with van der Waals surface area (Å²) in [5.74, 6) is -0.0308. The maximum atomic E-state index is 13.3. The number of fused-ring (bicyclic) bond motifs is 1. The molecule has 1 aliphatic carbocycles. The van der Waals surface area contributed by atoms with E-state index in [4.69, 9.17) is 8.85 Å². The van der Waals surface area contributed by atoms with Crippen LogP contribution >= 0.6 is 0 Å². The number of rotatable bonds is 4. The molecule has 0 fully saturated rings. The Morgan fingerprint density at radius 3 is 2.50 bits per heavy atom. The van der Waals surface area contributed by atoms with Gasteiger partial charge in [-0.2, -0.15) is 0 Å². The van der Waals surface area contributed by atoms with Crippen LogP contribution < -0.4 is 17.0 Å². The van der Waals surface area contributed by atoms with E-state index in [1.807, 2.05) is 0 Å². The summed E-state index contributed by atoms with van der Waals surface area (Å²) in [4.78, 5) is 34.8. The quantitative estimate of drug-likeness (QED) is 0.525. The van der Waals surface area contributed by atoms with Gasteiger partial charge < -0.3 is 21.7 Å². The van der Waals surface area contributed by atoms with Gasteiger partial charge in [0.05, 0.1) is 17.2 Å². The number of hydrogen-bond acceptors (Lipinski definition) is 5. The topological polar surface area (TPSA) is 75.2 Å². The lowest BCUT2D eigenvalue weighted by molar-refractivity contribution is -0.498. The summed E-state index contributed by atoms with van der Waals surface area (Å²) < 4.78 is 29.7. The molecular formula is C20H18BrN4O3+. The molecular weight excluding hydrogens is 424 g/mol. The molecule has 1 aliphatic heterocycles. The molecule has 0 amide bonds. The lowest BCUT2D eigenvalue weighted by Gasteiger charge is -2.10. The molecule has 4 rings (SSSR count). The second-order valence-corrected chi connectivity index (χ2v) is 6.08. The van der Waals surface area contributed by atoms with Crippen molar-refractivity contribution in [2.45, 2.75) is 6.92 Å². The van der Waals surface area contributed by atoms with E-state index in [0.29, 0.717) is 22.7 Å². The van der Waals surface area contributed by atoms with E-state index in [9.17, 15) is 9.59 Å². The fraction of sp³-hybridized carbons (Fsp3) is 0.200. The Balaban J connectivity index is 0.00000272. The molecule has 8 heteroatoms. The number of ether oxygens (including phenoxy) is 1. The van der Waals surface area contributed by atoms with Crippen LogP contribution in [0.1, 0.15) is 37.4 Å². The number of ketones is 2. The Bertz CT molecular complexity index is 1160. The molecule has 0 saturated carbocycles. The predicted molar refractivity (Wildman–Crippen MR) is 97.3 cm³/mol. The van der Waals surface area contributed by atoms with Crippen LogP contribution in [0.2, 0.25) is 0 Å². The number of aromatic nitrogens is 2. The molecule has 0 spiro atoms. The second-order valence-electron chi connectivity index (χ2n) is 6.08. The highest BCUT2D eigenvalue weighted by Crippen LogP contribution is 2.31. The minimum atomic E-state index is -2.55. The van der Waals surface area contributed by atoms with Gasteiger partial charge in [-0.05, 0) is 0 Å². The first-order valence-corrected chi connectivity index (χ1v) is 8.36. The van der Waals surface area contributed by atoms with Crippen LogP contribution in [0.3, 0.4) is 0 Å². The third-order valence-electron chi connectivity index (χ3n) is 4.58. The third kappa shape index (κ3) is 3.14. The van der Waals surface area contributed by atoms with Crippen LogP contribution in [0, 0.1) is 0 Å². The maximum Gasteiger partial charge on any atom is 0.421 e. The molecule has 0 saturated heterocycles. The molecule has 2 heterocycles. The van der Waals surface area contributed by atoms with E-state index in [1.165, 1.54) is 18.6 Å². The largest absolute Gasteiger partial charge is 1.00 e. The van der Waals surface area contributed by atoms with Crippen molar-refractivity contribution < 1.29 is 44.6 Å². The summed E-state index contributed by atoms with van der Waals surface area (Å²) >= 11 is 0. The summed E-state index contributed by atoms with van der Waals surface area (Å²) in [6.45, 7) is 1.69. The van der Waals surface area contributed by atoms with E-state index < -0.39 is 7.04 Å². The van der Waals surface area contributed by atoms with Crippen LogP contribution in [0.5, 0.6) is 0 Å². The third-order valence-corrected chi connectivity index (χ3v) is 4.58. The van der Waals surface area contributed by atoms with Crippen molar-refractivity contribution in [3.63, 3.8) is 0 Å². The zero-order valence-corrected chi connectivity index (χ0v) is 16.5. The number of halogens is 1. The second kappa shape index (κ2) is 8.04. The standard InChI is InChI=1S/C20H18N4O3.BrH/c1-13-23(9-10-27-2)17-18(24(13)12-14-11-21-7-8-22-14)20(26)16-6-4-3-5-15(16)19(17)25;/h3-8,11-12H,9-10H2,1-2H3;1H/q+2;/p-1/i2D3;. The molecule has 1 aromatic heterocycles. The highest BCUT2D eigenvalue weighted by atomic mass is 79.9. The molecule has 142 valence electrons. The van der Waals surface area contributed by atoms with Gasteiger partial charge >= 0.3 is 17.2 Å². The molecule has 2 aromatic rings. The van der Waals surface area contributed by atoms with Crippen molar-refractivity contribution in [1.29, 1.82) is 0 Å².